The van der Waals surface area contributed by atoms with Crippen LogP contribution in [0.25, 0.3) is 10.8 Å². The first-order valence-electron chi connectivity index (χ1n) is 8.19. The number of hydrogen-bond donors (Lipinski definition) is 2. The van der Waals surface area contributed by atoms with E-state index in [0.717, 1.165) is 16.3 Å². The molecular weight excluding hydrogens is 326 g/mol. The molecule has 0 aliphatic carbocycles. The van der Waals surface area contributed by atoms with Crippen molar-refractivity contribution in [2.75, 3.05) is 5.32 Å². The minimum absolute atomic E-state index is 0.190. The van der Waals surface area contributed by atoms with Gasteiger partial charge < -0.3 is 10.6 Å². The van der Waals surface area contributed by atoms with Gasteiger partial charge in [-0.15, -0.1) is 0 Å². The molecule has 0 spiro atoms. The van der Waals surface area contributed by atoms with Gasteiger partial charge in [0.05, 0.1) is 6.07 Å². The van der Waals surface area contributed by atoms with Crippen molar-refractivity contribution < 1.29 is 9.59 Å². The highest BCUT2D eigenvalue weighted by molar-refractivity contribution is 6.13. The largest absolute Gasteiger partial charge is 0.351 e. The summed E-state index contributed by atoms with van der Waals surface area (Å²) in [6, 6.07) is 22.4. The molecule has 2 N–H and O–H groups in total. The lowest BCUT2D eigenvalue weighted by atomic mass is 10.0. The van der Waals surface area contributed by atoms with Crippen LogP contribution in [-0.4, -0.2) is 11.8 Å². The van der Waals surface area contributed by atoms with E-state index in [0.29, 0.717) is 11.3 Å². The number of amides is 2. The summed E-state index contributed by atoms with van der Waals surface area (Å²) in [6.07, 6.45) is -0.190. The zero-order chi connectivity index (χ0) is 18.4. The Morgan fingerprint density at radius 1 is 0.923 bits per heavy atom. The molecule has 26 heavy (non-hydrogen) atoms. The summed E-state index contributed by atoms with van der Waals surface area (Å²) in [5.74, 6) is -0.555. The molecule has 0 saturated heterocycles. The van der Waals surface area contributed by atoms with Crippen LogP contribution in [0.15, 0.2) is 66.7 Å². The zero-order valence-corrected chi connectivity index (χ0v) is 14.0. The van der Waals surface area contributed by atoms with Crippen molar-refractivity contribution in [2.45, 2.75) is 13.0 Å². The molecule has 0 aromatic heterocycles. The van der Waals surface area contributed by atoms with E-state index < -0.39 is 0 Å². The fourth-order valence-electron chi connectivity index (χ4n) is 2.74. The fourth-order valence-corrected chi connectivity index (χ4v) is 2.74. The second kappa shape index (κ2) is 7.95. The standard InChI is InChI=1S/C21H17N3O2/c22-13-12-20(25)23-14-16-7-2-4-11-19(16)24-21(26)18-10-5-8-15-6-1-3-9-17(15)18/h1-11H,12,14H2,(H,23,25)(H,24,26). The van der Waals surface area contributed by atoms with Gasteiger partial charge in [0.1, 0.15) is 6.42 Å². The molecule has 0 radical (unpaired) electrons. The molecule has 3 rings (SSSR count). The Hall–Kier alpha value is -3.65. The normalized spacial score (nSPS) is 10.1. The van der Waals surface area contributed by atoms with E-state index >= 15 is 0 Å². The van der Waals surface area contributed by atoms with E-state index in [1.165, 1.54) is 0 Å². The first-order valence-corrected chi connectivity index (χ1v) is 8.19. The van der Waals surface area contributed by atoms with Gasteiger partial charge in [0.2, 0.25) is 5.91 Å². The van der Waals surface area contributed by atoms with E-state index in [1.54, 1.807) is 12.1 Å². The van der Waals surface area contributed by atoms with Crippen LogP contribution in [0.4, 0.5) is 5.69 Å². The van der Waals surface area contributed by atoms with Gasteiger partial charge in [-0.25, -0.2) is 0 Å². The number of anilines is 1. The summed E-state index contributed by atoms with van der Waals surface area (Å²) in [7, 11) is 0. The van der Waals surface area contributed by atoms with Crippen LogP contribution in [0.5, 0.6) is 0 Å². The number of nitrogens with zero attached hydrogens (tertiary/aromatic N) is 1. The second-order valence-electron chi connectivity index (χ2n) is 5.75. The lowest BCUT2D eigenvalue weighted by molar-refractivity contribution is -0.120. The number of hydrogen-bond acceptors (Lipinski definition) is 3. The SMILES string of the molecule is N#CCC(=O)NCc1ccccc1NC(=O)c1cccc2ccccc12. The summed E-state index contributed by atoms with van der Waals surface area (Å²) >= 11 is 0. The van der Waals surface area contributed by atoms with Gasteiger partial charge >= 0.3 is 0 Å². The maximum absolute atomic E-state index is 12.8. The Balaban J connectivity index is 1.81. The third-order valence-electron chi connectivity index (χ3n) is 4.02. The third kappa shape index (κ3) is 3.87. The Morgan fingerprint density at radius 3 is 2.50 bits per heavy atom. The van der Waals surface area contributed by atoms with E-state index in [1.807, 2.05) is 60.7 Å². The molecule has 3 aromatic rings. The number of fused-ring (bicyclic) bond motifs is 1. The van der Waals surface area contributed by atoms with Crippen molar-refractivity contribution in [2.24, 2.45) is 0 Å². The van der Waals surface area contributed by atoms with Crippen LogP contribution in [0.2, 0.25) is 0 Å². The summed E-state index contributed by atoms with van der Waals surface area (Å²) in [4.78, 5) is 24.3. The molecule has 0 bridgehead atoms. The average molecular weight is 343 g/mol. The van der Waals surface area contributed by atoms with Crippen molar-refractivity contribution >= 4 is 28.3 Å². The molecule has 3 aromatic carbocycles. The maximum atomic E-state index is 12.8. The Morgan fingerprint density at radius 2 is 1.65 bits per heavy atom. The predicted octanol–water partition coefficient (Wildman–Crippen LogP) is 3.62. The minimum Gasteiger partial charge on any atom is -0.351 e. The van der Waals surface area contributed by atoms with E-state index in [4.69, 9.17) is 5.26 Å². The zero-order valence-electron chi connectivity index (χ0n) is 14.0. The number of carbonyl (C=O) groups is 2. The van der Waals surface area contributed by atoms with Gasteiger partial charge in [0.15, 0.2) is 0 Å². The topological polar surface area (TPSA) is 82.0 Å². The van der Waals surface area contributed by atoms with Crippen LogP contribution < -0.4 is 10.6 Å². The summed E-state index contributed by atoms with van der Waals surface area (Å²) in [6.45, 7) is 0.243. The highest BCUT2D eigenvalue weighted by atomic mass is 16.2. The van der Waals surface area contributed by atoms with Crippen molar-refractivity contribution in [1.29, 1.82) is 5.26 Å². The molecule has 0 fully saturated rings. The Labute approximate surface area is 151 Å². The summed E-state index contributed by atoms with van der Waals surface area (Å²) < 4.78 is 0. The number of benzene rings is 3. The van der Waals surface area contributed by atoms with Crippen LogP contribution in [-0.2, 0) is 11.3 Å². The van der Waals surface area contributed by atoms with Crippen LogP contribution in [0.1, 0.15) is 22.3 Å². The van der Waals surface area contributed by atoms with Gasteiger partial charge in [-0.3, -0.25) is 9.59 Å². The predicted molar refractivity (Wildman–Crippen MR) is 100 cm³/mol. The lowest BCUT2D eigenvalue weighted by Gasteiger charge is -2.12. The molecule has 0 aliphatic rings. The molecule has 128 valence electrons. The Bertz CT molecular complexity index is 1000. The van der Waals surface area contributed by atoms with Gasteiger partial charge in [0.25, 0.3) is 5.91 Å². The molecule has 5 heteroatoms. The number of nitriles is 1. The second-order valence-corrected chi connectivity index (χ2v) is 5.75. The molecule has 0 saturated carbocycles. The maximum Gasteiger partial charge on any atom is 0.256 e. The van der Waals surface area contributed by atoms with E-state index in [9.17, 15) is 9.59 Å². The highest BCUT2D eigenvalue weighted by Gasteiger charge is 2.12. The molecule has 0 heterocycles. The number of carbonyl (C=O) groups excluding carboxylic acids is 2. The van der Waals surface area contributed by atoms with Crippen LogP contribution in [0.3, 0.4) is 0 Å². The summed E-state index contributed by atoms with van der Waals surface area (Å²) in [5.41, 5.74) is 1.99. The minimum atomic E-state index is -0.345. The molecule has 5 nitrogen and oxygen atoms in total. The van der Waals surface area contributed by atoms with Crippen molar-refractivity contribution in [1.82, 2.24) is 5.32 Å². The van der Waals surface area contributed by atoms with Crippen molar-refractivity contribution in [3.63, 3.8) is 0 Å². The van der Waals surface area contributed by atoms with Gasteiger partial charge in [-0.05, 0) is 28.5 Å². The van der Waals surface area contributed by atoms with Crippen LogP contribution in [0, 0.1) is 11.3 Å². The van der Waals surface area contributed by atoms with E-state index in [-0.39, 0.29) is 24.8 Å². The van der Waals surface area contributed by atoms with E-state index in [2.05, 4.69) is 10.6 Å². The first kappa shape index (κ1) is 17.2. The summed E-state index contributed by atoms with van der Waals surface area (Å²) in [5, 5.41) is 16.0. The quantitative estimate of drug-likeness (QED) is 0.742. The molecule has 0 unspecified atom stereocenters. The number of rotatable bonds is 5. The third-order valence-corrected chi connectivity index (χ3v) is 4.02. The molecule has 0 aliphatic heterocycles. The van der Waals surface area contributed by atoms with Crippen molar-refractivity contribution in [3.8, 4) is 6.07 Å². The van der Waals surface area contributed by atoms with Gasteiger partial charge in [0, 0.05) is 17.8 Å². The monoisotopic (exact) mass is 343 g/mol. The number of para-hydroxylation sites is 1. The Kier molecular flexibility index (Phi) is 5.25. The molecule has 0 atom stereocenters. The van der Waals surface area contributed by atoms with Crippen molar-refractivity contribution in [3.05, 3.63) is 77.9 Å². The average Bonchev–Trinajstić information content (AvgIpc) is 2.67. The highest BCUT2D eigenvalue weighted by Crippen LogP contribution is 2.21. The van der Waals surface area contributed by atoms with Crippen LogP contribution >= 0.6 is 0 Å². The lowest BCUT2D eigenvalue weighted by Crippen LogP contribution is -2.23. The number of nitrogens with one attached hydrogen (secondary N) is 2. The molecular formula is C21H17N3O2. The fraction of sp³-hybridized carbons (Fsp3) is 0.0952. The van der Waals surface area contributed by atoms with Gasteiger partial charge in [-0.1, -0.05) is 54.6 Å². The van der Waals surface area contributed by atoms with Gasteiger partial charge in [-0.2, -0.15) is 5.26 Å². The first-order chi connectivity index (χ1) is 12.7. The smallest absolute Gasteiger partial charge is 0.256 e. The molecule has 2 amide bonds.